The molecule has 0 aliphatic rings. The zero-order chi connectivity index (χ0) is 33.2. The van der Waals surface area contributed by atoms with E-state index in [-0.39, 0.29) is 24.6 Å². The molecule has 0 fully saturated rings. The second-order valence-electron chi connectivity index (χ2n) is 9.55. The first kappa shape index (κ1) is 34.4. The van der Waals surface area contributed by atoms with Crippen LogP contribution in [0.15, 0.2) is 78.9 Å². The van der Waals surface area contributed by atoms with Crippen molar-refractivity contribution in [2.45, 2.75) is 44.8 Å². The van der Waals surface area contributed by atoms with Gasteiger partial charge in [-0.15, -0.1) is 13.2 Å². The number of aliphatic carboxylic acids is 2. The molecule has 0 atom stereocenters. The van der Waals surface area contributed by atoms with Gasteiger partial charge in [-0.25, -0.2) is 9.78 Å². The van der Waals surface area contributed by atoms with Crippen molar-refractivity contribution in [1.29, 1.82) is 0 Å². The lowest BCUT2D eigenvalue weighted by molar-refractivity contribution is -0.274. The van der Waals surface area contributed by atoms with E-state index in [1.54, 1.807) is 18.2 Å². The van der Waals surface area contributed by atoms with Gasteiger partial charge in [-0.2, -0.15) is 13.2 Å². The van der Waals surface area contributed by atoms with E-state index in [2.05, 4.69) is 10.1 Å². The molecule has 1 heterocycles. The van der Waals surface area contributed by atoms with Crippen molar-refractivity contribution in [1.82, 2.24) is 10.3 Å². The molecule has 0 aliphatic heterocycles. The fourth-order valence-corrected chi connectivity index (χ4v) is 4.08. The number of nitrogens with one attached hydrogen (secondary N) is 1. The van der Waals surface area contributed by atoms with Gasteiger partial charge in [0.1, 0.15) is 5.75 Å². The van der Waals surface area contributed by atoms with Crippen LogP contribution >= 0.6 is 0 Å². The number of unbranched alkanes of at least 4 members (excludes halogenated alkanes) is 1. The number of nitrogens with zero attached hydrogens (tertiary/aromatic N) is 1. The van der Waals surface area contributed by atoms with Crippen LogP contribution in [0.2, 0.25) is 0 Å². The van der Waals surface area contributed by atoms with E-state index in [0.717, 1.165) is 27.7 Å². The third kappa shape index (κ3) is 11.1. The Morgan fingerprint density at radius 2 is 1.47 bits per heavy atom. The molecule has 14 heteroatoms. The highest BCUT2D eigenvalue weighted by atomic mass is 19.4. The second kappa shape index (κ2) is 15.0. The van der Waals surface area contributed by atoms with Crippen LogP contribution in [0.1, 0.15) is 40.7 Å². The number of carbonyl (C=O) groups excluding carboxylic acids is 1. The van der Waals surface area contributed by atoms with Crippen molar-refractivity contribution >= 4 is 28.7 Å². The van der Waals surface area contributed by atoms with Gasteiger partial charge in [-0.1, -0.05) is 42.5 Å². The predicted octanol–water partition coefficient (Wildman–Crippen LogP) is 7.16. The Labute approximate surface area is 252 Å². The molecule has 0 saturated heterocycles. The molecular weight excluding hydrogens is 610 g/mol. The van der Waals surface area contributed by atoms with E-state index in [0.29, 0.717) is 30.4 Å². The molecule has 0 bridgehead atoms. The van der Waals surface area contributed by atoms with Crippen molar-refractivity contribution < 1.29 is 55.7 Å². The Morgan fingerprint density at radius 3 is 2.04 bits per heavy atom. The number of carboxylic acid groups (broad SMARTS) is 2. The molecule has 45 heavy (non-hydrogen) atoms. The summed E-state index contributed by atoms with van der Waals surface area (Å²) in [5, 5.41) is 19.6. The van der Waals surface area contributed by atoms with Gasteiger partial charge in [0.25, 0.3) is 5.91 Å². The highest BCUT2D eigenvalue weighted by molar-refractivity contribution is 5.98. The third-order valence-electron chi connectivity index (χ3n) is 6.14. The van der Waals surface area contributed by atoms with Gasteiger partial charge in [0.2, 0.25) is 0 Å². The fourth-order valence-electron chi connectivity index (χ4n) is 4.08. The maximum absolute atomic E-state index is 12.8. The summed E-state index contributed by atoms with van der Waals surface area (Å²) in [7, 11) is 0. The van der Waals surface area contributed by atoms with Gasteiger partial charge in [-0.3, -0.25) is 9.59 Å². The second-order valence-corrected chi connectivity index (χ2v) is 9.55. The summed E-state index contributed by atoms with van der Waals surface area (Å²) in [6, 6.07) is 22.2. The van der Waals surface area contributed by atoms with E-state index in [9.17, 15) is 35.9 Å². The van der Waals surface area contributed by atoms with Gasteiger partial charge in [-0.05, 0) is 66.8 Å². The standard InChI is InChI=1S/C29H25F3N2O4.C2HF3O2/c30-29(31,32)38-24-13-10-19(11-14-24)18-33-28(37)22-12-15-25-23(17-22)16-21(8-4-5-9-26(35)36)27(34-25)20-6-2-1-3-7-20;3-2(4,5)1(6)7/h1-3,6-7,10-17H,4-5,8-9,18H2,(H,33,37)(H,35,36);(H,6,7). The lowest BCUT2D eigenvalue weighted by Gasteiger charge is -2.12. The van der Waals surface area contributed by atoms with E-state index in [1.807, 2.05) is 36.4 Å². The van der Waals surface area contributed by atoms with Crippen LogP contribution in [-0.4, -0.2) is 45.6 Å². The summed E-state index contributed by atoms with van der Waals surface area (Å²) in [6.45, 7) is 0.128. The van der Waals surface area contributed by atoms with Crippen molar-refractivity contribution in [2.75, 3.05) is 0 Å². The molecule has 3 aromatic carbocycles. The minimum absolute atomic E-state index is 0.101. The molecular formula is C31H26F6N2O6. The fraction of sp³-hybridized carbons (Fsp3) is 0.226. The summed E-state index contributed by atoms with van der Waals surface area (Å²) < 4.78 is 72.6. The van der Waals surface area contributed by atoms with Crippen LogP contribution in [0.25, 0.3) is 22.2 Å². The number of rotatable bonds is 10. The lowest BCUT2D eigenvalue weighted by Crippen LogP contribution is -2.22. The zero-order valence-electron chi connectivity index (χ0n) is 23.3. The minimum Gasteiger partial charge on any atom is -0.481 e. The highest BCUT2D eigenvalue weighted by Crippen LogP contribution is 2.28. The molecule has 0 spiro atoms. The first-order valence-corrected chi connectivity index (χ1v) is 13.3. The van der Waals surface area contributed by atoms with E-state index in [4.69, 9.17) is 20.0 Å². The van der Waals surface area contributed by atoms with Crippen LogP contribution < -0.4 is 10.1 Å². The number of amides is 1. The number of hydrogen-bond acceptors (Lipinski definition) is 5. The number of pyridine rings is 1. The van der Waals surface area contributed by atoms with Gasteiger partial charge >= 0.3 is 24.5 Å². The van der Waals surface area contributed by atoms with E-state index in [1.165, 1.54) is 24.3 Å². The van der Waals surface area contributed by atoms with Crippen LogP contribution in [-0.2, 0) is 22.6 Å². The SMILES string of the molecule is O=C(O)C(F)(F)F.O=C(O)CCCCc1cc2cc(C(=O)NCc3ccc(OC(F)(F)F)cc3)ccc2nc1-c1ccccc1. The van der Waals surface area contributed by atoms with Crippen LogP contribution in [0.4, 0.5) is 26.3 Å². The number of carboxylic acids is 2. The Morgan fingerprint density at radius 1 is 0.822 bits per heavy atom. The Kier molecular flexibility index (Phi) is 11.5. The molecule has 4 rings (SSSR count). The smallest absolute Gasteiger partial charge is 0.481 e. The monoisotopic (exact) mass is 636 g/mol. The van der Waals surface area contributed by atoms with Crippen LogP contribution in [0.3, 0.4) is 0 Å². The minimum atomic E-state index is -5.08. The number of aromatic nitrogens is 1. The molecule has 0 unspecified atom stereocenters. The van der Waals surface area contributed by atoms with E-state index >= 15 is 0 Å². The number of fused-ring (bicyclic) bond motifs is 1. The first-order valence-electron chi connectivity index (χ1n) is 13.3. The molecule has 0 aliphatic carbocycles. The molecule has 8 nitrogen and oxygen atoms in total. The highest BCUT2D eigenvalue weighted by Gasteiger charge is 2.38. The summed E-state index contributed by atoms with van der Waals surface area (Å²) in [5.41, 5.74) is 4.49. The van der Waals surface area contributed by atoms with Gasteiger partial charge in [0.15, 0.2) is 0 Å². The zero-order valence-corrected chi connectivity index (χ0v) is 23.3. The average molecular weight is 637 g/mol. The lowest BCUT2D eigenvalue weighted by atomic mass is 9.98. The summed E-state index contributed by atoms with van der Waals surface area (Å²) >= 11 is 0. The predicted molar refractivity (Wildman–Crippen MR) is 150 cm³/mol. The van der Waals surface area contributed by atoms with Crippen LogP contribution in [0.5, 0.6) is 5.75 Å². The molecule has 3 N–H and O–H groups in total. The third-order valence-corrected chi connectivity index (χ3v) is 6.14. The van der Waals surface area contributed by atoms with Crippen molar-refractivity contribution in [3.05, 3.63) is 95.6 Å². The summed E-state index contributed by atoms with van der Waals surface area (Å²) in [5.74, 6) is -4.25. The van der Waals surface area contributed by atoms with Crippen molar-refractivity contribution in [3.63, 3.8) is 0 Å². The average Bonchev–Trinajstić information content (AvgIpc) is 2.97. The van der Waals surface area contributed by atoms with E-state index < -0.39 is 24.5 Å². The van der Waals surface area contributed by atoms with Gasteiger partial charge in [0, 0.05) is 29.5 Å². The van der Waals surface area contributed by atoms with Gasteiger partial charge < -0.3 is 20.3 Å². The molecule has 0 saturated carbocycles. The number of hydrogen-bond donors (Lipinski definition) is 3. The van der Waals surface area contributed by atoms with Crippen molar-refractivity contribution in [2.24, 2.45) is 0 Å². The molecule has 4 aromatic rings. The Balaban J connectivity index is 0.000000707. The Hall–Kier alpha value is -5.14. The molecule has 0 radical (unpaired) electrons. The quantitative estimate of drug-likeness (QED) is 0.125. The number of halogens is 6. The number of benzene rings is 3. The maximum atomic E-state index is 12.8. The maximum Gasteiger partial charge on any atom is 0.573 e. The van der Waals surface area contributed by atoms with Gasteiger partial charge in [0.05, 0.1) is 11.2 Å². The first-order chi connectivity index (χ1) is 21.1. The summed E-state index contributed by atoms with van der Waals surface area (Å²) in [4.78, 5) is 37.4. The normalized spacial score (nSPS) is 11.3. The Bertz CT molecular complexity index is 1620. The largest absolute Gasteiger partial charge is 0.573 e. The molecule has 238 valence electrons. The number of alkyl halides is 6. The number of ether oxygens (including phenoxy) is 1. The molecule has 1 aromatic heterocycles. The number of carbonyl (C=O) groups is 3. The number of aryl methyl sites for hydroxylation is 1. The van der Waals surface area contributed by atoms with Crippen LogP contribution in [0, 0.1) is 0 Å². The molecule has 1 amide bonds. The summed E-state index contributed by atoms with van der Waals surface area (Å²) in [6.07, 6.45) is -7.87. The topological polar surface area (TPSA) is 126 Å². The van der Waals surface area contributed by atoms with Crippen molar-refractivity contribution in [3.8, 4) is 17.0 Å².